The van der Waals surface area contributed by atoms with Crippen LogP contribution in [0.5, 0.6) is 0 Å². The van der Waals surface area contributed by atoms with Crippen LogP contribution in [-0.2, 0) is 10.0 Å². The van der Waals surface area contributed by atoms with Crippen LogP contribution in [0.2, 0.25) is 0 Å². The van der Waals surface area contributed by atoms with Gasteiger partial charge in [-0.25, -0.2) is 8.42 Å². The minimum absolute atomic E-state index is 0.249. The molecular weight excluding hydrogens is 548 g/mol. The van der Waals surface area contributed by atoms with Crippen molar-refractivity contribution in [2.75, 3.05) is 15.9 Å². The maximum absolute atomic E-state index is 11.6. The molecule has 5 rings (SSSR count). The van der Waals surface area contributed by atoms with Gasteiger partial charge in [-0.3, -0.25) is 9.71 Å². The van der Waals surface area contributed by atoms with E-state index >= 15 is 0 Å². The number of rotatable bonds is 6. The number of pyridine rings is 1. The standard InChI is InChI=1S/C25H21BrN4O3S2/c1-35(31,32)29-18-9-11-19(12-10-18)30-24(23(28-25(30)34)20-4-2-3-15-27-20)22-14-13-21(33-22)16-5-7-17(26)8-6-16/h2-15,23-24,29H,1H3,(H,28,34)/t23-,24-/m1/s1. The molecule has 178 valence electrons. The Morgan fingerprint density at radius 3 is 2.43 bits per heavy atom. The van der Waals surface area contributed by atoms with Gasteiger partial charge in [-0.05, 0) is 72.9 Å². The third-order valence-corrected chi connectivity index (χ3v) is 7.04. The number of benzene rings is 2. The lowest BCUT2D eigenvalue weighted by atomic mass is 10.0. The molecule has 0 bridgehead atoms. The van der Waals surface area contributed by atoms with Gasteiger partial charge >= 0.3 is 0 Å². The zero-order valence-corrected chi connectivity index (χ0v) is 21.8. The molecule has 0 amide bonds. The van der Waals surface area contributed by atoms with Crippen LogP contribution < -0.4 is 14.9 Å². The lowest BCUT2D eigenvalue weighted by molar-refractivity contribution is 0.439. The molecule has 2 N–H and O–H groups in total. The van der Waals surface area contributed by atoms with E-state index < -0.39 is 10.0 Å². The number of aromatic nitrogens is 1. The van der Waals surface area contributed by atoms with Crippen molar-refractivity contribution in [1.29, 1.82) is 0 Å². The second-order valence-electron chi connectivity index (χ2n) is 8.13. The van der Waals surface area contributed by atoms with Gasteiger partial charge in [0.05, 0.1) is 18.0 Å². The molecule has 3 heterocycles. The monoisotopic (exact) mass is 568 g/mol. The summed E-state index contributed by atoms with van der Waals surface area (Å²) in [6.45, 7) is 0. The lowest BCUT2D eigenvalue weighted by Gasteiger charge is -2.26. The van der Waals surface area contributed by atoms with Crippen molar-refractivity contribution in [3.63, 3.8) is 0 Å². The largest absolute Gasteiger partial charge is 0.459 e. The van der Waals surface area contributed by atoms with E-state index in [1.807, 2.05) is 71.6 Å². The molecule has 1 fully saturated rings. The summed E-state index contributed by atoms with van der Waals surface area (Å²) >= 11 is 9.21. The highest BCUT2D eigenvalue weighted by Gasteiger charge is 2.42. The first-order chi connectivity index (χ1) is 16.8. The van der Waals surface area contributed by atoms with Gasteiger partial charge in [-0.1, -0.05) is 34.1 Å². The predicted molar refractivity (Wildman–Crippen MR) is 145 cm³/mol. The first kappa shape index (κ1) is 23.5. The second-order valence-corrected chi connectivity index (χ2v) is 11.2. The predicted octanol–water partition coefficient (Wildman–Crippen LogP) is 5.65. The number of thiocarbonyl (C=S) groups is 1. The number of nitrogens with zero attached hydrogens (tertiary/aromatic N) is 2. The quantitative estimate of drug-likeness (QED) is 0.290. The average molecular weight is 570 g/mol. The van der Waals surface area contributed by atoms with Gasteiger partial charge in [0, 0.05) is 27.6 Å². The van der Waals surface area contributed by atoms with Gasteiger partial charge in [-0.15, -0.1) is 0 Å². The molecule has 2 aromatic heterocycles. The van der Waals surface area contributed by atoms with Crippen molar-refractivity contribution in [3.05, 3.63) is 101 Å². The molecule has 1 aliphatic rings. The second kappa shape index (κ2) is 9.44. The Bertz CT molecular complexity index is 1460. The molecule has 0 spiro atoms. The first-order valence-corrected chi connectivity index (χ1v) is 13.8. The van der Waals surface area contributed by atoms with E-state index in [-0.39, 0.29) is 12.1 Å². The minimum atomic E-state index is -3.37. The van der Waals surface area contributed by atoms with Crippen LogP contribution in [0.15, 0.2) is 93.9 Å². The van der Waals surface area contributed by atoms with Crippen molar-refractivity contribution in [3.8, 4) is 11.3 Å². The highest BCUT2D eigenvalue weighted by atomic mass is 79.9. The molecule has 0 radical (unpaired) electrons. The molecule has 1 aliphatic heterocycles. The van der Waals surface area contributed by atoms with Gasteiger partial charge in [0.15, 0.2) is 5.11 Å². The summed E-state index contributed by atoms with van der Waals surface area (Å²) in [6.07, 6.45) is 2.87. The minimum Gasteiger partial charge on any atom is -0.459 e. The summed E-state index contributed by atoms with van der Waals surface area (Å²) in [5, 5.41) is 3.92. The Kier molecular flexibility index (Phi) is 6.35. The molecule has 1 saturated heterocycles. The summed E-state index contributed by atoms with van der Waals surface area (Å²) in [4.78, 5) is 6.53. The number of anilines is 2. The molecule has 0 aliphatic carbocycles. The Hall–Kier alpha value is -3.21. The van der Waals surface area contributed by atoms with E-state index in [2.05, 4.69) is 31.0 Å². The van der Waals surface area contributed by atoms with Gasteiger partial charge < -0.3 is 14.6 Å². The maximum Gasteiger partial charge on any atom is 0.229 e. The third-order valence-electron chi connectivity index (χ3n) is 5.59. The summed E-state index contributed by atoms with van der Waals surface area (Å²) in [5.41, 5.74) is 3.07. The molecule has 4 aromatic rings. The Morgan fingerprint density at radius 2 is 1.77 bits per heavy atom. The molecule has 0 saturated carbocycles. The van der Waals surface area contributed by atoms with Crippen molar-refractivity contribution >= 4 is 54.7 Å². The van der Waals surface area contributed by atoms with E-state index in [4.69, 9.17) is 16.6 Å². The number of furan rings is 1. The smallest absolute Gasteiger partial charge is 0.229 e. The van der Waals surface area contributed by atoms with Gasteiger partial charge in [0.1, 0.15) is 17.6 Å². The van der Waals surface area contributed by atoms with E-state index in [0.717, 1.165) is 39.2 Å². The fourth-order valence-electron chi connectivity index (χ4n) is 4.11. The summed E-state index contributed by atoms with van der Waals surface area (Å²) in [5.74, 6) is 1.47. The van der Waals surface area contributed by atoms with Crippen LogP contribution in [0.1, 0.15) is 23.5 Å². The highest BCUT2D eigenvalue weighted by molar-refractivity contribution is 9.10. The van der Waals surface area contributed by atoms with Crippen LogP contribution in [0.25, 0.3) is 11.3 Å². The van der Waals surface area contributed by atoms with E-state index in [1.54, 1.807) is 18.3 Å². The van der Waals surface area contributed by atoms with Crippen LogP contribution in [0.3, 0.4) is 0 Å². The highest BCUT2D eigenvalue weighted by Crippen LogP contribution is 2.43. The van der Waals surface area contributed by atoms with Gasteiger partial charge in [-0.2, -0.15) is 0 Å². The SMILES string of the molecule is CS(=O)(=O)Nc1ccc(N2C(=S)N[C@H](c3ccccn3)[C@H]2c2ccc(-c3ccc(Br)cc3)o2)cc1. The molecule has 10 heteroatoms. The molecule has 35 heavy (non-hydrogen) atoms. The number of sulfonamides is 1. The molecule has 2 aromatic carbocycles. The fourth-order valence-corrected chi connectivity index (χ4v) is 5.28. The molecule has 0 unspecified atom stereocenters. The third kappa shape index (κ3) is 5.09. The van der Waals surface area contributed by atoms with Crippen molar-refractivity contribution in [2.24, 2.45) is 0 Å². The average Bonchev–Trinajstić information content (AvgIpc) is 3.44. The molecular formula is C25H21BrN4O3S2. The number of halogens is 1. The zero-order chi connectivity index (χ0) is 24.6. The number of hydrogen-bond acceptors (Lipinski definition) is 5. The van der Waals surface area contributed by atoms with E-state index in [9.17, 15) is 8.42 Å². The van der Waals surface area contributed by atoms with Crippen molar-refractivity contribution in [2.45, 2.75) is 12.1 Å². The normalized spacial score (nSPS) is 17.9. The first-order valence-electron chi connectivity index (χ1n) is 10.7. The van der Waals surface area contributed by atoms with Gasteiger partial charge in [0.2, 0.25) is 10.0 Å². The van der Waals surface area contributed by atoms with Gasteiger partial charge in [0.25, 0.3) is 0 Å². The Morgan fingerprint density at radius 1 is 1.03 bits per heavy atom. The van der Waals surface area contributed by atoms with Crippen molar-refractivity contribution in [1.82, 2.24) is 10.3 Å². The summed E-state index contributed by atoms with van der Waals surface area (Å²) in [7, 11) is -3.37. The number of nitrogens with one attached hydrogen (secondary N) is 2. The summed E-state index contributed by atoms with van der Waals surface area (Å²) in [6, 6.07) is 24.1. The van der Waals surface area contributed by atoms with Crippen LogP contribution >= 0.6 is 28.1 Å². The summed E-state index contributed by atoms with van der Waals surface area (Å²) < 4.78 is 33.0. The zero-order valence-electron chi connectivity index (χ0n) is 18.6. The van der Waals surface area contributed by atoms with Crippen LogP contribution in [0, 0.1) is 0 Å². The maximum atomic E-state index is 11.6. The Labute approximate surface area is 217 Å². The lowest BCUT2D eigenvalue weighted by Crippen LogP contribution is -2.29. The van der Waals surface area contributed by atoms with Crippen molar-refractivity contribution < 1.29 is 12.8 Å². The Balaban J connectivity index is 1.54. The number of hydrogen-bond donors (Lipinski definition) is 2. The molecule has 2 atom stereocenters. The molecule has 7 nitrogen and oxygen atoms in total. The van der Waals surface area contributed by atoms with E-state index in [0.29, 0.717) is 10.8 Å². The van der Waals surface area contributed by atoms with Crippen LogP contribution in [0.4, 0.5) is 11.4 Å². The fraction of sp³-hybridized carbons (Fsp3) is 0.120. The van der Waals surface area contributed by atoms with E-state index in [1.165, 1.54) is 0 Å². The topological polar surface area (TPSA) is 87.5 Å². The van der Waals surface area contributed by atoms with Crippen LogP contribution in [-0.4, -0.2) is 24.8 Å².